The Morgan fingerprint density at radius 2 is 1.94 bits per heavy atom. The van der Waals surface area contributed by atoms with E-state index in [0.717, 1.165) is 12.2 Å². The van der Waals surface area contributed by atoms with Gasteiger partial charge in [-0.1, -0.05) is 37.8 Å². The van der Waals surface area contributed by atoms with Crippen LogP contribution >= 0.6 is 0 Å². The van der Waals surface area contributed by atoms with Gasteiger partial charge in [0.25, 0.3) is 0 Å². The molecule has 0 radical (unpaired) electrons. The molecule has 1 aliphatic rings. The van der Waals surface area contributed by atoms with Crippen molar-refractivity contribution in [1.82, 2.24) is 10.1 Å². The lowest BCUT2D eigenvalue weighted by Gasteiger charge is -2.16. The van der Waals surface area contributed by atoms with Crippen molar-refractivity contribution < 1.29 is 4.52 Å². The van der Waals surface area contributed by atoms with Gasteiger partial charge in [0.1, 0.15) is 0 Å². The zero-order valence-electron chi connectivity index (χ0n) is 10.9. The zero-order valence-corrected chi connectivity index (χ0v) is 10.9. The lowest BCUT2D eigenvalue weighted by Crippen LogP contribution is -2.32. The minimum absolute atomic E-state index is 0.475. The van der Waals surface area contributed by atoms with Gasteiger partial charge in [0, 0.05) is 5.92 Å². The molecule has 0 spiro atoms. The summed E-state index contributed by atoms with van der Waals surface area (Å²) in [6, 6.07) is 0. The Morgan fingerprint density at radius 1 is 1.29 bits per heavy atom. The molecule has 0 aromatic carbocycles. The molecule has 1 unspecified atom stereocenters. The Labute approximate surface area is 103 Å². The normalized spacial score (nSPS) is 22.1. The fraction of sp³-hybridized carbons (Fsp3) is 0.846. The van der Waals surface area contributed by atoms with Crippen molar-refractivity contribution in [3.63, 3.8) is 0 Å². The van der Waals surface area contributed by atoms with Gasteiger partial charge in [0.15, 0.2) is 5.82 Å². The van der Waals surface area contributed by atoms with Crippen LogP contribution in [-0.2, 0) is 5.54 Å². The van der Waals surface area contributed by atoms with Gasteiger partial charge >= 0.3 is 0 Å². The number of rotatable bonds is 3. The Morgan fingerprint density at radius 3 is 2.53 bits per heavy atom. The van der Waals surface area contributed by atoms with Crippen LogP contribution in [0.5, 0.6) is 0 Å². The second-order valence-electron chi connectivity index (χ2n) is 5.42. The fourth-order valence-electron chi connectivity index (χ4n) is 2.32. The molecule has 0 bridgehead atoms. The molecule has 1 aromatic rings. The van der Waals surface area contributed by atoms with Crippen LogP contribution in [0.4, 0.5) is 0 Å². The highest BCUT2D eigenvalue weighted by Crippen LogP contribution is 2.31. The summed E-state index contributed by atoms with van der Waals surface area (Å²) >= 11 is 0. The van der Waals surface area contributed by atoms with Crippen molar-refractivity contribution in [3.05, 3.63) is 11.7 Å². The standard InChI is InChI=1S/C13H23N3O/c1-3-13(2,14)12-15-11(16-17-12)10-8-6-4-5-7-9-10/h10H,3-9,14H2,1-2H3. The quantitative estimate of drug-likeness (QED) is 0.820. The number of nitrogens with zero attached hydrogens (tertiary/aromatic N) is 2. The molecule has 17 heavy (non-hydrogen) atoms. The highest BCUT2D eigenvalue weighted by molar-refractivity contribution is 5.03. The Kier molecular flexibility index (Phi) is 3.82. The van der Waals surface area contributed by atoms with Crippen LogP contribution in [0.3, 0.4) is 0 Å². The number of nitrogens with two attached hydrogens (primary N) is 1. The summed E-state index contributed by atoms with van der Waals surface area (Å²) in [4.78, 5) is 4.52. The average Bonchev–Trinajstić information content (AvgIpc) is 2.67. The maximum atomic E-state index is 6.11. The molecule has 1 aliphatic carbocycles. The van der Waals surface area contributed by atoms with Gasteiger partial charge in [-0.25, -0.2) is 0 Å². The lowest BCUT2D eigenvalue weighted by molar-refractivity contribution is 0.288. The molecular formula is C13H23N3O. The molecule has 1 heterocycles. The van der Waals surface area contributed by atoms with Crippen molar-refractivity contribution in [2.45, 2.75) is 70.3 Å². The van der Waals surface area contributed by atoms with E-state index in [1.54, 1.807) is 0 Å². The summed E-state index contributed by atoms with van der Waals surface area (Å²) < 4.78 is 5.33. The predicted molar refractivity (Wildman–Crippen MR) is 66.6 cm³/mol. The van der Waals surface area contributed by atoms with E-state index in [9.17, 15) is 0 Å². The first kappa shape index (κ1) is 12.6. The smallest absolute Gasteiger partial charge is 0.246 e. The molecule has 0 aliphatic heterocycles. The summed E-state index contributed by atoms with van der Waals surface area (Å²) in [6.45, 7) is 3.98. The van der Waals surface area contributed by atoms with E-state index in [1.165, 1.54) is 38.5 Å². The minimum Gasteiger partial charge on any atom is -0.337 e. The summed E-state index contributed by atoms with van der Waals surface area (Å²) in [5, 5.41) is 4.13. The molecule has 1 atom stereocenters. The van der Waals surface area contributed by atoms with Crippen LogP contribution in [0, 0.1) is 0 Å². The van der Waals surface area contributed by atoms with Crippen molar-refractivity contribution >= 4 is 0 Å². The first-order chi connectivity index (χ1) is 8.13. The fourth-order valence-corrected chi connectivity index (χ4v) is 2.32. The van der Waals surface area contributed by atoms with Gasteiger partial charge in [-0.3, -0.25) is 0 Å². The van der Waals surface area contributed by atoms with Gasteiger partial charge in [-0.2, -0.15) is 4.98 Å². The Bertz CT molecular complexity index is 351. The predicted octanol–water partition coefficient (Wildman–Crippen LogP) is 3.09. The molecule has 4 nitrogen and oxygen atoms in total. The van der Waals surface area contributed by atoms with Crippen LogP contribution < -0.4 is 5.73 Å². The summed E-state index contributed by atoms with van der Waals surface area (Å²) in [5.41, 5.74) is 5.62. The topological polar surface area (TPSA) is 64.9 Å². The highest BCUT2D eigenvalue weighted by Gasteiger charge is 2.28. The molecule has 1 aromatic heterocycles. The third kappa shape index (κ3) is 2.86. The number of aromatic nitrogens is 2. The van der Waals surface area contributed by atoms with Gasteiger partial charge in [0.05, 0.1) is 5.54 Å². The van der Waals surface area contributed by atoms with E-state index < -0.39 is 5.54 Å². The molecule has 2 N–H and O–H groups in total. The third-order valence-electron chi connectivity index (χ3n) is 3.89. The van der Waals surface area contributed by atoms with Crippen molar-refractivity contribution in [3.8, 4) is 0 Å². The average molecular weight is 237 g/mol. The highest BCUT2D eigenvalue weighted by atomic mass is 16.5. The maximum absolute atomic E-state index is 6.11. The van der Waals surface area contributed by atoms with Crippen LogP contribution in [-0.4, -0.2) is 10.1 Å². The summed E-state index contributed by atoms with van der Waals surface area (Å²) in [6.07, 6.45) is 8.41. The first-order valence-corrected chi connectivity index (χ1v) is 6.76. The molecule has 2 rings (SSSR count). The second-order valence-corrected chi connectivity index (χ2v) is 5.42. The summed E-state index contributed by atoms with van der Waals surface area (Å²) in [7, 11) is 0. The zero-order chi connectivity index (χ0) is 12.3. The Hall–Kier alpha value is -0.900. The molecule has 96 valence electrons. The monoisotopic (exact) mass is 237 g/mol. The SMILES string of the molecule is CCC(C)(N)c1nc(C2CCCCCC2)no1. The van der Waals surface area contributed by atoms with Gasteiger partial charge in [-0.15, -0.1) is 0 Å². The molecule has 4 heteroatoms. The van der Waals surface area contributed by atoms with Crippen molar-refractivity contribution in [1.29, 1.82) is 0 Å². The molecular weight excluding hydrogens is 214 g/mol. The third-order valence-corrected chi connectivity index (χ3v) is 3.89. The molecule has 0 amide bonds. The molecule has 1 fully saturated rings. The second kappa shape index (κ2) is 5.17. The maximum Gasteiger partial charge on any atom is 0.246 e. The lowest BCUT2D eigenvalue weighted by atomic mass is 9.98. The van der Waals surface area contributed by atoms with E-state index in [1.807, 2.05) is 13.8 Å². The van der Waals surface area contributed by atoms with Gasteiger partial charge in [-0.05, 0) is 26.2 Å². The number of hydrogen-bond donors (Lipinski definition) is 1. The van der Waals surface area contributed by atoms with Crippen molar-refractivity contribution in [2.24, 2.45) is 5.73 Å². The van der Waals surface area contributed by atoms with E-state index in [4.69, 9.17) is 10.3 Å². The van der Waals surface area contributed by atoms with Crippen LogP contribution in [0.2, 0.25) is 0 Å². The van der Waals surface area contributed by atoms with Crippen LogP contribution in [0.15, 0.2) is 4.52 Å². The van der Waals surface area contributed by atoms with E-state index in [-0.39, 0.29) is 0 Å². The van der Waals surface area contributed by atoms with Crippen LogP contribution in [0.1, 0.15) is 76.4 Å². The van der Waals surface area contributed by atoms with Gasteiger partial charge < -0.3 is 10.3 Å². The minimum atomic E-state index is -0.490. The van der Waals surface area contributed by atoms with Gasteiger partial charge in [0.2, 0.25) is 5.89 Å². The van der Waals surface area contributed by atoms with E-state index >= 15 is 0 Å². The van der Waals surface area contributed by atoms with E-state index in [2.05, 4.69) is 10.1 Å². The molecule has 0 saturated heterocycles. The molecule has 1 saturated carbocycles. The van der Waals surface area contributed by atoms with Crippen LogP contribution in [0.25, 0.3) is 0 Å². The largest absolute Gasteiger partial charge is 0.337 e. The Balaban J connectivity index is 2.11. The van der Waals surface area contributed by atoms with Crippen molar-refractivity contribution in [2.75, 3.05) is 0 Å². The summed E-state index contributed by atoms with van der Waals surface area (Å²) in [5.74, 6) is 1.92. The van der Waals surface area contributed by atoms with E-state index in [0.29, 0.717) is 11.8 Å². The number of hydrogen-bond acceptors (Lipinski definition) is 4. The first-order valence-electron chi connectivity index (χ1n) is 6.76.